The fourth-order valence-electron chi connectivity index (χ4n) is 4.52. The van der Waals surface area contributed by atoms with Gasteiger partial charge < -0.3 is 29.7 Å². The molecule has 1 fully saturated rings. The first-order valence-electron chi connectivity index (χ1n) is 12.8. The van der Waals surface area contributed by atoms with Gasteiger partial charge in [-0.3, -0.25) is 14.5 Å². The fraction of sp³-hybridized carbons (Fsp3) is 0.393. The summed E-state index contributed by atoms with van der Waals surface area (Å²) in [4.78, 5) is 38.9. The van der Waals surface area contributed by atoms with Crippen molar-refractivity contribution in [3.63, 3.8) is 0 Å². The Bertz CT molecular complexity index is 1420. The van der Waals surface area contributed by atoms with Gasteiger partial charge in [0.1, 0.15) is 17.6 Å². The van der Waals surface area contributed by atoms with E-state index in [0.29, 0.717) is 60.8 Å². The number of rotatable bonds is 11. The molecule has 1 aliphatic heterocycles. The lowest BCUT2D eigenvalue weighted by atomic mass is 10.0. The number of anilines is 2. The normalized spacial score (nSPS) is 14.0. The molecule has 1 saturated heterocycles. The maximum atomic E-state index is 13.4. The maximum Gasteiger partial charge on any atom is 0.259 e. The first kappa shape index (κ1) is 28.8. The molecule has 40 heavy (non-hydrogen) atoms. The zero-order valence-electron chi connectivity index (χ0n) is 23.1. The predicted molar refractivity (Wildman–Crippen MR) is 149 cm³/mol. The minimum atomic E-state index is -0.793. The number of amides is 2. The number of hydrogen-bond donors (Lipinski definition) is 2. The molecule has 210 valence electrons. The lowest BCUT2D eigenvalue weighted by Crippen LogP contribution is -2.48. The molecule has 2 aromatic heterocycles. The number of carbonyl (C=O) groups is 2. The monoisotopic (exact) mass is 547 g/mol. The van der Waals surface area contributed by atoms with Gasteiger partial charge in [0.05, 0.1) is 35.5 Å². The van der Waals surface area contributed by atoms with Gasteiger partial charge >= 0.3 is 0 Å². The molecule has 0 unspecified atom stereocenters. The van der Waals surface area contributed by atoms with Gasteiger partial charge in [0, 0.05) is 65.2 Å². The molecular formula is C28H33N7O5. The summed E-state index contributed by atoms with van der Waals surface area (Å²) in [5.74, 6) is -0.110. The molecule has 1 aromatic carbocycles. The van der Waals surface area contributed by atoms with Crippen molar-refractivity contribution in [1.82, 2.24) is 19.8 Å². The Balaban J connectivity index is 1.67. The van der Waals surface area contributed by atoms with E-state index in [1.165, 1.54) is 20.4 Å². The van der Waals surface area contributed by atoms with Crippen LogP contribution in [0.15, 0.2) is 36.5 Å². The summed E-state index contributed by atoms with van der Waals surface area (Å²) >= 11 is 0. The second-order valence-corrected chi connectivity index (χ2v) is 9.37. The number of ether oxygens (including phenoxy) is 3. The Morgan fingerprint density at radius 3 is 2.70 bits per heavy atom. The van der Waals surface area contributed by atoms with E-state index in [0.717, 1.165) is 17.5 Å². The second kappa shape index (κ2) is 13.3. The van der Waals surface area contributed by atoms with Crippen LogP contribution in [0.25, 0.3) is 10.9 Å². The number of nitrogens with zero attached hydrogens (tertiary/aromatic N) is 5. The molecule has 1 aliphatic rings. The van der Waals surface area contributed by atoms with Crippen molar-refractivity contribution in [3.05, 3.63) is 58.9 Å². The molecule has 2 N–H and O–H groups in total. The zero-order valence-corrected chi connectivity index (χ0v) is 23.1. The van der Waals surface area contributed by atoms with Crippen LogP contribution in [0.1, 0.15) is 33.5 Å². The molecule has 0 atom stereocenters. The number of methoxy groups -OCH3 is 3. The summed E-state index contributed by atoms with van der Waals surface area (Å²) in [6.07, 6.45) is 0.608. The molecular weight excluding hydrogens is 514 g/mol. The van der Waals surface area contributed by atoms with Gasteiger partial charge in [-0.1, -0.05) is 12.1 Å². The van der Waals surface area contributed by atoms with Gasteiger partial charge in [0.25, 0.3) is 5.91 Å². The number of aromatic nitrogens is 2. The first-order chi connectivity index (χ1) is 19.4. The van der Waals surface area contributed by atoms with Crippen molar-refractivity contribution in [2.45, 2.75) is 12.8 Å². The highest BCUT2D eigenvalue weighted by atomic mass is 16.7. The molecule has 0 saturated carbocycles. The quantitative estimate of drug-likeness (QED) is 0.271. The van der Waals surface area contributed by atoms with Gasteiger partial charge in [-0.05, 0) is 24.7 Å². The fourth-order valence-corrected chi connectivity index (χ4v) is 4.52. The molecule has 0 radical (unpaired) electrons. The Kier molecular flexibility index (Phi) is 9.57. The summed E-state index contributed by atoms with van der Waals surface area (Å²) in [6.45, 7) is 3.01. The van der Waals surface area contributed by atoms with Crippen LogP contribution in [0.3, 0.4) is 0 Å². The highest BCUT2D eigenvalue weighted by Gasteiger charge is 2.26. The summed E-state index contributed by atoms with van der Waals surface area (Å²) in [5.41, 5.74) is 2.93. The predicted octanol–water partition coefficient (Wildman–Crippen LogP) is 2.38. The molecule has 2 amide bonds. The standard InChI is InChI=1S/C28H33N7O5/c1-34-9-10-35(24(36)17-34)16-19-12-18-6-5-7-21(25(18)33-26(19)28(39-3)40-4)27(37)32-23-13-22(30-8-11-38-2)20(14-29)15-31-23/h5-7,12-13,15,28H,8-11,16-17H2,1-4H3,(H2,30,31,32,37). The summed E-state index contributed by atoms with van der Waals surface area (Å²) in [5, 5.41) is 16.1. The van der Waals surface area contributed by atoms with E-state index in [1.807, 2.05) is 24.1 Å². The van der Waals surface area contributed by atoms with Crippen molar-refractivity contribution in [2.24, 2.45) is 0 Å². The Labute approximate surface area is 232 Å². The van der Waals surface area contributed by atoms with Crippen LogP contribution in [0, 0.1) is 11.3 Å². The average molecular weight is 548 g/mol. The Hall–Kier alpha value is -4.15. The number of hydrogen-bond acceptors (Lipinski definition) is 10. The maximum absolute atomic E-state index is 13.4. The second-order valence-electron chi connectivity index (χ2n) is 9.37. The molecule has 12 heteroatoms. The van der Waals surface area contributed by atoms with Crippen molar-refractivity contribution in [3.8, 4) is 6.07 Å². The number of carbonyl (C=O) groups excluding carboxylic acids is 2. The lowest BCUT2D eigenvalue weighted by molar-refractivity contribution is -0.136. The molecule has 0 bridgehead atoms. The average Bonchev–Trinajstić information content (AvgIpc) is 2.95. The number of fused-ring (bicyclic) bond motifs is 1. The summed E-state index contributed by atoms with van der Waals surface area (Å²) in [7, 11) is 6.53. The van der Waals surface area contributed by atoms with Gasteiger partial charge in [-0.15, -0.1) is 0 Å². The molecule has 3 heterocycles. The van der Waals surface area contributed by atoms with Crippen LogP contribution in [0.5, 0.6) is 0 Å². The number of para-hydroxylation sites is 1. The largest absolute Gasteiger partial charge is 0.383 e. The van der Waals surface area contributed by atoms with E-state index >= 15 is 0 Å². The minimum absolute atomic E-state index is 0.0327. The van der Waals surface area contributed by atoms with Crippen LogP contribution in [-0.4, -0.2) is 92.7 Å². The third-order valence-corrected chi connectivity index (χ3v) is 6.61. The van der Waals surface area contributed by atoms with Crippen LogP contribution >= 0.6 is 0 Å². The molecule has 0 aliphatic carbocycles. The van der Waals surface area contributed by atoms with E-state index in [-0.39, 0.29) is 11.7 Å². The number of piperazine rings is 1. The van der Waals surface area contributed by atoms with Gasteiger partial charge in [0.15, 0.2) is 0 Å². The molecule has 3 aromatic rings. The Morgan fingerprint density at radius 2 is 2.00 bits per heavy atom. The van der Waals surface area contributed by atoms with Crippen molar-refractivity contribution >= 4 is 34.2 Å². The van der Waals surface area contributed by atoms with Crippen LogP contribution in [0.2, 0.25) is 0 Å². The van der Waals surface area contributed by atoms with Crippen molar-refractivity contribution in [2.75, 3.05) is 71.8 Å². The van der Waals surface area contributed by atoms with Crippen molar-refractivity contribution < 1.29 is 23.8 Å². The first-order valence-corrected chi connectivity index (χ1v) is 12.8. The van der Waals surface area contributed by atoms with E-state index in [9.17, 15) is 14.9 Å². The highest BCUT2D eigenvalue weighted by molar-refractivity contribution is 6.11. The smallest absolute Gasteiger partial charge is 0.259 e. The number of benzene rings is 1. The third-order valence-electron chi connectivity index (χ3n) is 6.61. The lowest BCUT2D eigenvalue weighted by Gasteiger charge is -2.33. The number of nitriles is 1. The molecule has 0 spiro atoms. The summed E-state index contributed by atoms with van der Waals surface area (Å²) < 4.78 is 16.1. The number of nitrogens with one attached hydrogen (secondary N) is 2. The highest BCUT2D eigenvalue weighted by Crippen LogP contribution is 2.28. The molecule has 4 rings (SSSR count). The van der Waals surface area contributed by atoms with Crippen LogP contribution in [0.4, 0.5) is 11.5 Å². The third kappa shape index (κ3) is 6.52. The zero-order chi connectivity index (χ0) is 28.6. The molecule has 12 nitrogen and oxygen atoms in total. The minimum Gasteiger partial charge on any atom is -0.383 e. The number of pyridine rings is 2. The van der Waals surface area contributed by atoms with Gasteiger partial charge in [-0.25, -0.2) is 9.97 Å². The van der Waals surface area contributed by atoms with Crippen molar-refractivity contribution in [1.29, 1.82) is 5.26 Å². The van der Waals surface area contributed by atoms with Crippen LogP contribution < -0.4 is 10.6 Å². The van der Waals surface area contributed by atoms with E-state index in [1.54, 1.807) is 30.2 Å². The van der Waals surface area contributed by atoms with E-state index in [4.69, 9.17) is 19.2 Å². The van der Waals surface area contributed by atoms with Gasteiger partial charge in [0.2, 0.25) is 12.2 Å². The topological polar surface area (TPSA) is 142 Å². The van der Waals surface area contributed by atoms with E-state index in [2.05, 4.69) is 21.7 Å². The number of likely N-dealkylation sites (N-methyl/N-ethyl adjacent to an activating group) is 1. The Morgan fingerprint density at radius 1 is 1.20 bits per heavy atom. The van der Waals surface area contributed by atoms with E-state index < -0.39 is 12.2 Å². The van der Waals surface area contributed by atoms with Crippen LogP contribution in [-0.2, 0) is 25.5 Å². The summed E-state index contributed by atoms with van der Waals surface area (Å²) in [6, 6.07) is 10.9. The SMILES string of the molecule is COCCNc1cc(NC(=O)c2cccc3cc(CN4CCN(C)CC4=O)c(C(OC)OC)nc23)ncc1C#N. The van der Waals surface area contributed by atoms with Gasteiger partial charge in [-0.2, -0.15) is 5.26 Å².